The molecule has 1 aliphatic carbocycles. The smallest absolute Gasteiger partial charge is 0.317 e. The quantitative estimate of drug-likeness (QED) is 0.772. The summed E-state index contributed by atoms with van der Waals surface area (Å²) >= 11 is 0. The van der Waals surface area contributed by atoms with Crippen LogP contribution in [0.25, 0.3) is 0 Å². The van der Waals surface area contributed by atoms with Crippen molar-refractivity contribution in [2.24, 2.45) is 5.92 Å². The number of hydrogen-bond acceptors (Lipinski definition) is 3. The lowest BCUT2D eigenvalue weighted by Crippen LogP contribution is -2.46. The Balaban J connectivity index is 1.70. The summed E-state index contributed by atoms with van der Waals surface area (Å²) in [7, 11) is 0. The number of likely N-dealkylation sites (N-methyl/N-ethyl adjacent to an activating group) is 1. The maximum absolute atomic E-state index is 12.1. The number of nitrogens with zero attached hydrogens (tertiary/aromatic N) is 2. The predicted molar refractivity (Wildman–Crippen MR) is 79.7 cm³/mol. The van der Waals surface area contributed by atoms with Crippen molar-refractivity contribution < 1.29 is 9.90 Å². The van der Waals surface area contributed by atoms with Gasteiger partial charge in [-0.3, -0.25) is 0 Å². The first-order chi connectivity index (χ1) is 9.72. The van der Waals surface area contributed by atoms with E-state index in [9.17, 15) is 4.79 Å². The van der Waals surface area contributed by atoms with Crippen LogP contribution < -0.4 is 5.32 Å². The molecule has 2 aliphatic rings. The number of aliphatic hydroxyl groups is 1. The second-order valence-corrected chi connectivity index (χ2v) is 6.15. The van der Waals surface area contributed by atoms with Gasteiger partial charge in [-0.2, -0.15) is 0 Å². The summed E-state index contributed by atoms with van der Waals surface area (Å²) in [6, 6.07) is 0.242. The number of carbonyl (C=O) groups is 1. The van der Waals surface area contributed by atoms with Gasteiger partial charge in [-0.25, -0.2) is 4.79 Å². The molecular weight excluding hydrogens is 254 g/mol. The standard InChI is InChI=1S/C15H29N3O2/c1-2-18(9-10-19)15(20)16-14-7-8-17(12-14)11-13-5-3-4-6-13/h13-14,19H,2-12H2,1H3,(H,16,20). The zero-order valence-electron chi connectivity index (χ0n) is 12.7. The molecule has 2 amide bonds. The van der Waals surface area contributed by atoms with Crippen molar-refractivity contribution in [2.45, 2.75) is 45.1 Å². The molecule has 1 aliphatic heterocycles. The van der Waals surface area contributed by atoms with Crippen molar-refractivity contribution >= 4 is 6.03 Å². The predicted octanol–water partition coefficient (Wildman–Crippen LogP) is 1.27. The minimum atomic E-state index is -0.0331. The summed E-state index contributed by atoms with van der Waals surface area (Å²) in [6.07, 6.45) is 6.60. The molecule has 0 bridgehead atoms. The summed E-state index contributed by atoms with van der Waals surface area (Å²) in [5.41, 5.74) is 0. The van der Waals surface area contributed by atoms with Crippen LogP contribution in [0.15, 0.2) is 0 Å². The third kappa shape index (κ3) is 4.35. The van der Waals surface area contributed by atoms with Crippen LogP contribution in [0.4, 0.5) is 4.79 Å². The molecule has 5 nitrogen and oxygen atoms in total. The third-order valence-corrected chi connectivity index (χ3v) is 4.63. The first kappa shape index (κ1) is 15.6. The molecule has 2 N–H and O–H groups in total. The zero-order valence-corrected chi connectivity index (χ0v) is 12.7. The van der Waals surface area contributed by atoms with Gasteiger partial charge in [0.25, 0.3) is 0 Å². The lowest BCUT2D eigenvalue weighted by Gasteiger charge is -2.24. The van der Waals surface area contributed by atoms with Gasteiger partial charge < -0.3 is 20.2 Å². The average Bonchev–Trinajstić information content (AvgIpc) is 3.08. The number of hydrogen-bond donors (Lipinski definition) is 2. The Morgan fingerprint density at radius 1 is 1.35 bits per heavy atom. The SMILES string of the molecule is CCN(CCO)C(=O)NC1CCN(CC2CCCC2)C1. The van der Waals surface area contributed by atoms with Gasteiger partial charge in [-0.1, -0.05) is 12.8 Å². The molecule has 0 aromatic heterocycles. The topological polar surface area (TPSA) is 55.8 Å². The van der Waals surface area contributed by atoms with Gasteiger partial charge in [0.1, 0.15) is 0 Å². The fourth-order valence-electron chi connectivity index (χ4n) is 3.46. The van der Waals surface area contributed by atoms with Crippen molar-refractivity contribution in [1.29, 1.82) is 0 Å². The monoisotopic (exact) mass is 283 g/mol. The van der Waals surface area contributed by atoms with E-state index in [1.165, 1.54) is 32.2 Å². The van der Waals surface area contributed by atoms with Gasteiger partial charge in [0.2, 0.25) is 0 Å². The molecular formula is C15H29N3O2. The largest absolute Gasteiger partial charge is 0.395 e. The molecule has 20 heavy (non-hydrogen) atoms. The molecule has 1 saturated carbocycles. The van der Waals surface area contributed by atoms with Crippen molar-refractivity contribution in [3.63, 3.8) is 0 Å². The Hall–Kier alpha value is -0.810. The van der Waals surface area contributed by atoms with Crippen LogP contribution in [0.3, 0.4) is 0 Å². The molecule has 5 heteroatoms. The molecule has 1 heterocycles. The molecule has 0 spiro atoms. The second-order valence-electron chi connectivity index (χ2n) is 6.15. The van der Waals surface area contributed by atoms with Crippen LogP contribution in [-0.4, -0.2) is 66.3 Å². The first-order valence-electron chi connectivity index (χ1n) is 8.11. The highest BCUT2D eigenvalue weighted by molar-refractivity contribution is 5.74. The lowest BCUT2D eigenvalue weighted by atomic mass is 10.1. The van der Waals surface area contributed by atoms with Crippen LogP contribution in [-0.2, 0) is 0 Å². The van der Waals surface area contributed by atoms with E-state index in [0.717, 1.165) is 25.4 Å². The number of nitrogens with one attached hydrogen (secondary N) is 1. The Morgan fingerprint density at radius 3 is 2.75 bits per heavy atom. The van der Waals surface area contributed by atoms with Crippen LogP contribution >= 0.6 is 0 Å². The highest BCUT2D eigenvalue weighted by Gasteiger charge is 2.27. The fourth-order valence-corrected chi connectivity index (χ4v) is 3.46. The normalized spacial score (nSPS) is 24.2. The Kier molecular flexibility index (Phi) is 6.10. The van der Waals surface area contributed by atoms with Crippen LogP contribution in [0.2, 0.25) is 0 Å². The molecule has 2 fully saturated rings. The molecule has 0 aromatic carbocycles. The van der Waals surface area contributed by atoms with Crippen LogP contribution in [0.1, 0.15) is 39.0 Å². The summed E-state index contributed by atoms with van der Waals surface area (Å²) in [5.74, 6) is 0.881. The molecule has 0 aromatic rings. The summed E-state index contributed by atoms with van der Waals surface area (Å²) in [6.45, 7) is 6.33. The Morgan fingerprint density at radius 2 is 2.10 bits per heavy atom. The summed E-state index contributed by atoms with van der Waals surface area (Å²) < 4.78 is 0. The minimum absolute atomic E-state index is 0.0275. The van der Waals surface area contributed by atoms with E-state index in [1.54, 1.807) is 4.90 Å². The maximum Gasteiger partial charge on any atom is 0.317 e. The zero-order chi connectivity index (χ0) is 14.4. The average molecular weight is 283 g/mol. The van der Waals surface area contributed by atoms with E-state index >= 15 is 0 Å². The van der Waals surface area contributed by atoms with Gasteiger partial charge in [0.15, 0.2) is 0 Å². The van der Waals surface area contributed by atoms with E-state index in [0.29, 0.717) is 13.1 Å². The molecule has 1 saturated heterocycles. The van der Waals surface area contributed by atoms with Gasteiger partial charge in [0, 0.05) is 38.8 Å². The Bertz CT molecular complexity index is 305. The fraction of sp³-hybridized carbons (Fsp3) is 0.933. The van der Waals surface area contributed by atoms with Gasteiger partial charge in [0.05, 0.1) is 6.61 Å². The number of rotatable bonds is 6. The third-order valence-electron chi connectivity index (χ3n) is 4.63. The summed E-state index contributed by atoms with van der Waals surface area (Å²) in [4.78, 5) is 16.2. The minimum Gasteiger partial charge on any atom is -0.395 e. The lowest BCUT2D eigenvalue weighted by molar-refractivity contribution is 0.176. The highest BCUT2D eigenvalue weighted by Crippen LogP contribution is 2.26. The van der Waals surface area contributed by atoms with Crippen molar-refractivity contribution in [3.8, 4) is 0 Å². The molecule has 1 atom stereocenters. The number of urea groups is 1. The van der Waals surface area contributed by atoms with Gasteiger partial charge in [-0.15, -0.1) is 0 Å². The van der Waals surface area contributed by atoms with E-state index in [1.807, 2.05) is 6.92 Å². The Labute approximate surface area is 122 Å². The molecule has 0 radical (unpaired) electrons. The van der Waals surface area contributed by atoms with E-state index in [4.69, 9.17) is 5.11 Å². The van der Waals surface area contributed by atoms with Crippen molar-refractivity contribution in [2.75, 3.05) is 39.3 Å². The van der Waals surface area contributed by atoms with Crippen LogP contribution in [0.5, 0.6) is 0 Å². The van der Waals surface area contributed by atoms with E-state index < -0.39 is 0 Å². The molecule has 116 valence electrons. The van der Waals surface area contributed by atoms with E-state index in [2.05, 4.69) is 10.2 Å². The van der Waals surface area contributed by atoms with Crippen molar-refractivity contribution in [3.05, 3.63) is 0 Å². The van der Waals surface area contributed by atoms with Crippen LogP contribution in [0, 0.1) is 5.92 Å². The van der Waals surface area contributed by atoms with Crippen molar-refractivity contribution in [1.82, 2.24) is 15.1 Å². The van der Waals surface area contributed by atoms with Gasteiger partial charge in [-0.05, 0) is 32.1 Å². The maximum atomic E-state index is 12.1. The number of aliphatic hydroxyl groups excluding tert-OH is 1. The highest BCUT2D eigenvalue weighted by atomic mass is 16.3. The second kappa shape index (κ2) is 7.84. The summed E-state index contributed by atoms with van der Waals surface area (Å²) in [5, 5.41) is 12.1. The number of carbonyl (C=O) groups excluding carboxylic acids is 1. The number of amides is 2. The first-order valence-corrected chi connectivity index (χ1v) is 8.11. The molecule has 1 unspecified atom stereocenters. The molecule has 2 rings (SSSR count). The van der Waals surface area contributed by atoms with Gasteiger partial charge >= 0.3 is 6.03 Å². The van der Waals surface area contributed by atoms with E-state index in [-0.39, 0.29) is 18.7 Å². The number of likely N-dealkylation sites (tertiary alicyclic amines) is 1.